The third-order valence-electron chi connectivity index (χ3n) is 5.10. The maximum absolute atomic E-state index is 14.1. The van der Waals surface area contributed by atoms with E-state index in [0.717, 1.165) is 5.32 Å². The molecular weight excluding hydrogens is 557 g/mol. The van der Waals surface area contributed by atoms with Crippen LogP contribution in [0.5, 0.6) is 0 Å². The van der Waals surface area contributed by atoms with Crippen LogP contribution >= 0.6 is 11.3 Å². The summed E-state index contributed by atoms with van der Waals surface area (Å²) in [6.45, 7) is 1.02. The number of amides is 1. The molecule has 0 radical (unpaired) electrons. The van der Waals surface area contributed by atoms with E-state index in [-0.39, 0.29) is 29.9 Å². The Morgan fingerprint density at radius 1 is 0.806 bits per heavy atom. The maximum atomic E-state index is 14.1. The summed E-state index contributed by atoms with van der Waals surface area (Å²) in [7, 11) is 0. The van der Waals surface area contributed by atoms with Crippen molar-refractivity contribution in [1.29, 1.82) is 0 Å². The van der Waals surface area contributed by atoms with Gasteiger partial charge in [0.2, 0.25) is 0 Å². The number of thiophene rings is 1. The summed E-state index contributed by atoms with van der Waals surface area (Å²) in [4.78, 5) is 24.4. The molecule has 0 saturated carbocycles. The van der Waals surface area contributed by atoms with E-state index < -0.39 is 58.2 Å². The van der Waals surface area contributed by atoms with E-state index in [1.54, 1.807) is 0 Å². The van der Waals surface area contributed by atoms with Crippen LogP contribution in [0.15, 0.2) is 0 Å². The van der Waals surface area contributed by atoms with Crippen LogP contribution < -0.4 is 5.32 Å². The first-order valence-electron chi connectivity index (χ1n) is 9.68. The molecule has 206 valence electrons. The van der Waals surface area contributed by atoms with Gasteiger partial charge >= 0.3 is 47.7 Å². The van der Waals surface area contributed by atoms with Gasteiger partial charge in [-0.15, -0.1) is 11.3 Å². The predicted octanol–water partition coefficient (Wildman–Crippen LogP) is 6.48. The number of rotatable bonds is 8. The van der Waals surface area contributed by atoms with Crippen molar-refractivity contribution in [3.05, 3.63) is 16.0 Å². The lowest BCUT2D eigenvalue weighted by molar-refractivity contribution is -0.435. The number of fused-ring (bicyclic) bond motifs is 1. The lowest BCUT2D eigenvalue weighted by Gasteiger charge is -2.39. The Labute approximate surface area is 196 Å². The van der Waals surface area contributed by atoms with Gasteiger partial charge in [-0.05, 0) is 38.2 Å². The van der Waals surface area contributed by atoms with Crippen molar-refractivity contribution < 1.29 is 71.4 Å². The fourth-order valence-corrected chi connectivity index (χ4v) is 4.44. The van der Waals surface area contributed by atoms with E-state index in [2.05, 4.69) is 4.74 Å². The van der Waals surface area contributed by atoms with Crippen LogP contribution in [0.2, 0.25) is 0 Å². The first-order chi connectivity index (χ1) is 16.1. The lowest BCUT2D eigenvalue weighted by Crippen LogP contribution is -2.71. The molecule has 4 nitrogen and oxygen atoms in total. The second-order valence-corrected chi connectivity index (χ2v) is 8.56. The molecule has 0 bridgehead atoms. The molecule has 36 heavy (non-hydrogen) atoms. The Hall–Kier alpha value is -2.27. The molecular formula is C18H14F13NO3S. The van der Waals surface area contributed by atoms with Gasteiger partial charge in [0.15, 0.2) is 0 Å². The summed E-state index contributed by atoms with van der Waals surface area (Å²) in [5.41, 5.74) is -0.457. The van der Waals surface area contributed by atoms with Gasteiger partial charge < -0.3 is 10.1 Å². The Morgan fingerprint density at radius 3 is 1.81 bits per heavy atom. The number of carbonyl (C=O) groups is 2. The minimum Gasteiger partial charge on any atom is -0.462 e. The minimum atomic E-state index is -8.12. The number of esters is 1. The van der Waals surface area contributed by atoms with Crippen molar-refractivity contribution in [2.24, 2.45) is 0 Å². The van der Waals surface area contributed by atoms with Gasteiger partial charge in [-0.25, -0.2) is 4.79 Å². The van der Waals surface area contributed by atoms with E-state index in [0.29, 0.717) is 24.2 Å². The summed E-state index contributed by atoms with van der Waals surface area (Å²) in [5, 5.41) is 0.0869. The number of aryl methyl sites for hydroxylation is 1. The molecule has 1 heterocycles. The van der Waals surface area contributed by atoms with E-state index in [9.17, 15) is 66.7 Å². The summed E-state index contributed by atoms with van der Waals surface area (Å²) in [6, 6.07) is 0. The van der Waals surface area contributed by atoms with Crippen molar-refractivity contribution >= 4 is 28.2 Å². The van der Waals surface area contributed by atoms with Crippen LogP contribution in [0, 0.1) is 0 Å². The molecule has 0 unspecified atom stereocenters. The number of hydrogen-bond acceptors (Lipinski definition) is 4. The predicted molar refractivity (Wildman–Crippen MR) is 96.3 cm³/mol. The second kappa shape index (κ2) is 9.24. The fraction of sp³-hybridized carbons (Fsp3) is 0.667. The summed E-state index contributed by atoms with van der Waals surface area (Å²) >= 11 is 0.376. The van der Waals surface area contributed by atoms with Gasteiger partial charge in [0.05, 0.1) is 12.2 Å². The quantitative estimate of drug-likeness (QED) is 0.287. The number of hydrogen-bond donors (Lipinski definition) is 1. The number of alkyl halides is 13. The summed E-state index contributed by atoms with van der Waals surface area (Å²) < 4.78 is 177. The molecule has 0 saturated heterocycles. The molecule has 1 N–H and O–H groups in total. The standard InChI is InChI=1S/C18H14F13NO3S/c1-2-35-11(33)9-7-5-3-4-6-8(7)36-10(9)32-12(34)13(19,20)14(21,22)15(23,24)16(25,26)17(27,28)18(29,30)31/h2-6H2,1H3,(H,32,34). The molecule has 1 aromatic rings. The first kappa shape index (κ1) is 30.0. The number of anilines is 1. The molecule has 0 fully saturated rings. The van der Waals surface area contributed by atoms with E-state index in [4.69, 9.17) is 0 Å². The topological polar surface area (TPSA) is 55.4 Å². The fourth-order valence-electron chi connectivity index (χ4n) is 3.17. The molecule has 18 heteroatoms. The average molecular weight is 571 g/mol. The zero-order chi connectivity index (χ0) is 28.1. The van der Waals surface area contributed by atoms with Crippen LogP contribution in [-0.2, 0) is 22.4 Å². The highest BCUT2D eigenvalue weighted by molar-refractivity contribution is 7.17. The normalized spacial score (nSPS) is 15.9. The third-order valence-corrected chi connectivity index (χ3v) is 6.30. The smallest absolute Gasteiger partial charge is 0.460 e. The summed E-state index contributed by atoms with van der Waals surface area (Å²) in [6.07, 6.45) is -6.26. The average Bonchev–Trinajstić information content (AvgIpc) is 3.10. The Morgan fingerprint density at radius 2 is 1.31 bits per heavy atom. The maximum Gasteiger partial charge on any atom is 0.460 e. The largest absolute Gasteiger partial charge is 0.462 e. The molecule has 0 aliphatic heterocycles. The molecule has 1 aromatic heterocycles. The molecule has 0 spiro atoms. The van der Waals surface area contributed by atoms with Gasteiger partial charge in [-0.2, -0.15) is 57.1 Å². The highest BCUT2D eigenvalue weighted by atomic mass is 32.1. The zero-order valence-corrected chi connectivity index (χ0v) is 18.4. The molecule has 2 rings (SSSR count). The molecule has 0 atom stereocenters. The van der Waals surface area contributed by atoms with E-state index in [1.807, 2.05) is 0 Å². The second-order valence-electron chi connectivity index (χ2n) is 7.46. The number of carbonyl (C=O) groups excluding carboxylic acids is 2. The van der Waals surface area contributed by atoms with Crippen LogP contribution in [0.3, 0.4) is 0 Å². The van der Waals surface area contributed by atoms with Crippen LogP contribution in [0.25, 0.3) is 0 Å². The molecule has 1 aliphatic rings. The number of halogens is 13. The van der Waals surface area contributed by atoms with Crippen molar-refractivity contribution in [2.75, 3.05) is 11.9 Å². The van der Waals surface area contributed by atoms with Crippen molar-refractivity contribution in [3.8, 4) is 0 Å². The van der Waals surface area contributed by atoms with Crippen LogP contribution in [-0.4, -0.2) is 54.3 Å². The van der Waals surface area contributed by atoms with Crippen molar-refractivity contribution in [2.45, 2.75) is 68.4 Å². The molecule has 1 amide bonds. The van der Waals surface area contributed by atoms with Gasteiger partial charge in [-0.3, -0.25) is 4.79 Å². The molecule has 1 aliphatic carbocycles. The monoisotopic (exact) mass is 571 g/mol. The van der Waals surface area contributed by atoms with Crippen molar-refractivity contribution in [3.63, 3.8) is 0 Å². The Balaban J connectivity index is 2.51. The van der Waals surface area contributed by atoms with E-state index >= 15 is 0 Å². The SMILES string of the molecule is CCOC(=O)c1c(NC(=O)C(F)(F)C(F)(F)C(F)(F)C(F)(F)C(F)(F)C(F)(F)F)sc2c1CCCC2. The van der Waals surface area contributed by atoms with Crippen molar-refractivity contribution in [1.82, 2.24) is 0 Å². The number of nitrogens with one attached hydrogen (secondary N) is 1. The lowest BCUT2D eigenvalue weighted by atomic mass is 9.93. The van der Waals surface area contributed by atoms with E-state index in [1.165, 1.54) is 6.92 Å². The highest BCUT2D eigenvalue weighted by Gasteiger charge is 2.91. The zero-order valence-electron chi connectivity index (χ0n) is 17.6. The minimum absolute atomic E-state index is 0.124. The molecule has 0 aromatic carbocycles. The first-order valence-corrected chi connectivity index (χ1v) is 10.5. The van der Waals surface area contributed by atoms with Gasteiger partial charge in [0.1, 0.15) is 5.00 Å². The van der Waals surface area contributed by atoms with Gasteiger partial charge in [0, 0.05) is 4.88 Å². The van der Waals surface area contributed by atoms with Crippen LogP contribution in [0.4, 0.5) is 62.1 Å². The van der Waals surface area contributed by atoms with Gasteiger partial charge in [-0.1, -0.05) is 0 Å². The Bertz CT molecular complexity index is 1020. The number of ether oxygens (including phenoxy) is 1. The van der Waals surface area contributed by atoms with Crippen LogP contribution in [0.1, 0.15) is 40.6 Å². The Kier molecular flexibility index (Phi) is 7.69. The summed E-state index contributed by atoms with van der Waals surface area (Å²) in [5.74, 6) is -43.6. The van der Waals surface area contributed by atoms with Gasteiger partial charge in [0.25, 0.3) is 0 Å². The third kappa shape index (κ3) is 4.38. The highest BCUT2D eigenvalue weighted by Crippen LogP contribution is 2.60.